The fourth-order valence-electron chi connectivity index (χ4n) is 3.14. The molecule has 0 saturated heterocycles. The van der Waals surface area contributed by atoms with Gasteiger partial charge in [0.15, 0.2) is 0 Å². The summed E-state index contributed by atoms with van der Waals surface area (Å²) in [7, 11) is 0. The molecule has 2 atom stereocenters. The monoisotopic (exact) mass is 277 g/mol. The highest BCUT2D eigenvalue weighted by Crippen LogP contribution is 2.31. The summed E-state index contributed by atoms with van der Waals surface area (Å²) in [6.45, 7) is 5.32. The number of hydrogen-bond acceptors (Lipinski definition) is 3. The van der Waals surface area contributed by atoms with Crippen molar-refractivity contribution in [1.82, 2.24) is 5.32 Å². The van der Waals surface area contributed by atoms with Gasteiger partial charge < -0.3 is 15.2 Å². The van der Waals surface area contributed by atoms with E-state index in [0.717, 1.165) is 44.4 Å². The van der Waals surface area contributed by atoms with Gasteiger partial charge >= 0.3 is 0 Å². The molecule has 0 amide bonds. The average molecular weight is 277 g/mol. The largest absolute Gasteiger partial charge is 0.490 e. The molecule has 0 heterocycles. The highest BCUT2D eigenvalue weighted by molar-refractivity contribution is 5.27. The second-order valence-corrected chi connectivity index (χ2v) is 5.80. The standard InChI is InChI=1S/C17H27NO2/c1-3-14-7-9-15(10-8-14)20-16-6-5-11-17(12-16,13-19)18-4-2/h7-10,16,18-19H,3-6,11-13H2,1-2H3. The van der Waals surface area contributed by atoms with Crippen LogP contribution in [-0.2, 0) is 6.42 Å². The number of rotatable bonds is 6. The summed E-state index contributed by atoms with van der Waals surface area (Å²) in [4.78, 5) is 0. The Morgan fingerprint density at radius 2 is 2.05 bits per heavy atom. The maximum atomic E-state index is 9.71. The Morgan fingerprint density at radius 3 is 2.65 bits per heavy atom. The molecule has 3 nitrogen and oxygen atoms in total. The smallest absolute Gasteiger partial charge is 0.119 e. The molecule has 0 aromatic heterocycles. The molecule has 2 unspecified atom stereocenters. The van der Waals surface area contributed by atoms with Crippen LogP contribution in [0.5, 0.6) is 5.75 Å². The highest BCUT2D eigenvalue weighted by Gasteiger charge is 2.36. The average Bonchev–Trinajstić information content (AvgIpc) is 2.49. The normalized spacial score (nSPS) is 26.4. The topological polar surface area (TPSA) is 41.5 Å². The van der Waals surface area contributed by atoms with Crippen molar-refractivity contribution in [2.75, 3.05) is 13.2 Å². The van der Waals surface area contributed by atoms with Gasteiger partial charge in [-0.25, -0.2) is 0 Å². The van der Waals surface area contributed by atoms with Crippen molar-refractivity contribution in [1.29, 1.82) is 0 Å². The summed E-state index contributed by atoms with van der Waals surface area (Å²) in [5.41, 5.74) is 1.18. The van der Waals surface area contributed by atoms with Gasteiger partial charge in [0.05, 0.1) is 6.61 Å². The van der Waals surface area contributed by atoms with Gasteiger partial charge in [-0.2, -0.15) is 0 Å². The molecule has 1 fully saturated rings. The number of aliphatic hydroxyl groups is 1. The first kappa shape index (κ1) is 15.3. The van der Waals surface area contributed by atoms with Gasteiger partial charge in [-0.3, -0.25) is 0 Å². The minimum atomic E-state index is -0.152. The predicted octanol–water partition coefficient (Wildman–Crippen LogP) is 2.91. The minimum Gasteiger partial charge on any atom is -0.490 e. The molecule has 0 bridgehead atoms. The first-order valence-corrected chi connectivity index (χ1v) is 7.83. The number of aryl methyl sites for hydroxylation is 1. The number of aliphatic hydroxyl groups excluding tert-OH is 1. The van der Waals surface area contributed by atoms with Gasteiger partial charge in [-0.05, 0) is 49.9 Å². The Hall–Kier alpha value is -1.06. The van der Waals surface area contributed by atoms with Crippen LogP contribution in [0.4, 0.5) is 0 Å². The third-order valence-electron chi connectivity index (χ3n) is 4.29. The van der Waals surface area contributed by atoms with E-state index in [1.807, 2.05) is 0 Å². The van der Waals surface area contributed by atoms with Crippen molar-refractivity contribution < 1.29 is 9.84 Å². The molecule has 0 spiro atoms. The highest BCUT2D eigenvalue weighted by atomic mass is 16.5. The third-order valence-corrected chi connectivity index (χ3v) is 4.29. The molecular formula is C17H27NO2. The first-order chi connectivity index (χ1) is 9.71. The van der Waals surface area contributed by atoms with Gasteiger partial charge in [-0.15, -0.1) is 0 Å². The SMILES string of the molecule is CCNC1(CO)CCCC(Oc2ccc(CC)cc2)C1. The fraction of sp³-hybridized carbons (Fsp3) is 0.647. The van der Waals surface area contributed by atoms with E-state index in [-0.39, 0.29) is 18.2 Å². The molecule has 1 aromatic carbocycles. The van der Waals surface area contributed by atoms with E-state index in [1.165, 1.54) is 5.56 Å². The zero-order chi connectivity index (χ0) is 14.4. The maximum Gasteiger partial charge on any atom is 0.119 e. The van der Waals surface area contributed by atoms with Crippen LogP contribution in [0.15, 0.2) is 24.3 Å². The minimum absolute atomic E-state index is 0.152. The van der Waals surface area contributed by atoms with Gasteiger partial charge in [-0.1, -0.05) is 26.0 Å². The second kappa shape index (κ2) is 7.09. The van der Waals surface area contributed by atoms with Crippen molar-refractivity contribution in [3.8, 4) is 5.75 Å². The first-order valence-electron chi connectivity index (χ1n) is 7.83. The van der Waals surface area contributed by atoms with E-state index < -0.39 is 0 Å². The number of hydrogen-bond donors (Lipinski definition) is 2. The van der Waals surface area contributed by atoms with Crippen molar-refractivity contribution >= 4 is 0 Å². The van der Waals surface area contributed by atoms with Crippen LogP contribution in [-0.4, -0.2) is 29.9 Å². The summed E-state index contributed by atoms with van der Waals surface area (Å²) in [6, 6.07) is 8.37. The van der Waals surface area contributed by atoms with E-state index in [9.17, 15) is 5.11 Å². The molecule has 2 N–H and O–H groups in total. The van der Waals surface area contributed by atoms with Crippen LogP contribution in [0.2, 0.25) is 0 Å². The lowest BCUT2D eigenvalue weighted by Gasteiger charge is -2.40. The molecule has 1 saturated carbocycles. The fourth-order valence-corrected chi connectivity index (χ4v) is 3.14. The van der Waals surface area contributed by atoms with Crippen molar-refractivity contribution in [2.24, 2.45) is 0 Å². The van der Waals surface area contributed by atoms with Crippen LogP contribution in [0.1, 0.15) is 45.1 Å². The quantitative estimate of drug-likeness (QED) is 0.840. The van der Waals surface area contributed by atoms with Crippen LogP contribution in [0, 0.1) is 0 Å². The van der Waals surface area contributed by atoms with E-state index in [4.69, 9.17) is 4.74 Å². The summed E-state index contributed by atoms with van der Waals surface area (Å²) >= 11 is 0. The molecule has 112 valence electrons. The predicted molar refractivity (Wildman–Crippen MR) is 82.2 cm³/mol. The summed E-state index contributed by atoms with van der Waals surface area (Å²) in [6.07, 6.45) is 5.34. The molecular weight excluding hydrogens is 250 g/mol. The summed E-state index contributed by atoms with van der Waals surface area (Å²) in [5, 5.41) is 13.2. The van der Waals surface area contributed by atoms with Crippen molar-refractivity contribution in [3.63, 3.8) is 0 Å². The van der Waals surface area contributed by atoms with Crippen LogP contribution >= 0.6 is 0 Å². The molecule has 1 aliphatic rings. The van der Waals surface area contributed by atoms with Crippen LogP contribution in [0.25, 0.3) is 0 Å². The Bertz CT molecular complexity index is 400. The number of benzene rings is 1. The van der Waals surface area contributed by atoms with E-state index in [0.29, 0.717) is 0 Å². The molecule has 20 heavy (non-hydrogen) atoms. The lowest BCUT2D eigenvalue weighted by molar-refractivity contribution is 0.0520. The molecule has 0 radical (unpaired) electrons. The Balaban J connectivity index is 1.97. The van der Waals surface area contributed by atoms with Gasteiger partial charge in [0.1, 0.15) is 11.9 Å². The van der Waals surface area contributed by atoms with Crippen molar-refractivity contribution in [3.05, 3.63) is 29.8 Å². The maximum absolute atomic E-state index is 9.71. The zero-order valence-corrected chi connectivity index (χ0v) is 12.7. The van der Waals surface area contributed by atoms with Crippen LogP contribution < -0.4 is 10.1 Å². The number of nitrogens with one attached hydrogen (secondary N) is 1. The lowest BCUT2D eigenvalue weighted by atomic mass is 9.80. The van der Waals surface area contributed by atoms with Crippen molar-refractivity contribution in [2.45, 2.75) is 57.6 Å². The molecule has 0 aliphatic heterocycles. The molecule has 3 heteroatoms. The molecule has 2 rings (SSSR count). The Morgan fingerprint density at radius 1 is 1.30 bits per heavy atom. The van der Waals surface area contributed by atoms with Gasteiger partial charge in [0, 0.05) is 12.0 Å². The van der Waals surface area contributed by atoms with Gasteiger partial charge in [0.25, 0.3) is 0 Å². The third kappa shape index (κ3) is 3.74. The molecule has 1 aliphatic carbocycles. The summed E-state index contributed by atoms with van der Waals surface area (Å²) in [5.74, 6) is 0.942. The van der Waals surface area contributed by atoms with E-state index >= 15 is 0 Å². The zero-order valence-electron chi connectivity index (χ0n) is 12.7. The molecule has 1 aromatic rings. The Labute approximate surface area is 122 Å². The number of ether oxygens (including phenoxy) is 1. The number of likely N-dealkylation sites (N-methyl/N-ethyl adjacent to an activating group) is 1. The van der Waals surface area contributed by atoms with Crippen LogP contribution in [0.3, 0.4) is 0 Å². The second-order valence-electron chi connectivity index (χ2n) is 5.80. The van der Waals surface area contributed by atoms with E-state index in [1.54, 1.807) is 0 Å². The van der Waals surface area contributed by atoms with E-state index in [2.05, 4.69) is 43.4 Å². The Kier molecular flexibility index (Phi) is 5.44. The summed E-state index contributed by atoms with van der Waals surface area (Å²) < 4.78 is 6.11. The lowest BCUT2D eigenvalue weighted by Crippen LogP contribution is -2.53. The van der Waals surface area contributed by atoms with Gasteiger partial charge in [0.2, 0.25) is 0 Å².